The summed E-state index contributed by atoms with van der Waals surface area (Å²) in [7, 11) is 0. The summed E-state index contributed by atoms with van der Waals surface area (Å²) in [6.07, 6.45) is -11.6. The van der Waals surface area contributed by atoms with Crippen LogP contribution in [-0.4, -0.2) is 164 Å². The minimum absolute atomic E-state index is 0.125. The highest BCUT2D eigenvalue weighted by atomic mass is 16.8. The average Bonchev–Trinajstić information content (AvgIpc) is 3.66. The van der Waals surface area contributed by atoms with Crippen LogP contribution >= 0.6 is 0 Å². The van der Waals surface area contributed by atoms with Crippen LogP contribution in [0.25, 0.3) is 0 Å². The smallest absolute Gasteiger partial charge is 0.187 e. The van der Waals surface area contributed by atoms with E-state index in [9.17, 15) is 40.9 Å². The van der Waals surface area contributed by atoms with Crippen molar-refractivity contribution in [3.63, 3.8) is 0 Å². The molecule has 1 spiro atoms. The van der Waals surface area contributed by atoms with Crippen molar-refractivity contribution in [2.45, 2.75) is 203 Å². The van der Waals surface area contributed by atoms with Crippen molar-refractivity contribution in [2.24, 2.45) is 46.3 Å². The number of rotatable bonds is 6. The number of ether oxygens (including phenoxy) is 8. The van der Waals surface area contributed by atoms with Crippen LogP contribution in [-0.2, 0) is 37.9 Å². The summed E-state index contributed by atoms with van der Waals surface area (Å²) in [5, 5.41) is 87.0. The van der Waals surface area contributed by atoms with Gasteiger partial charge in [0, 0.05) is 24.2 Å². The summed E-state index contributed by atoms with van der Waals surface area (Å²) >= 11 is 0. The standard InChI is InChI=1S/C44H70O16/c1-18-9-12-44(54-16-18)19(2)30-28(60-44)15-26-24-8-7-22-13-23(14-29(46)43(22,6)25(24)10-11-42(26,30)5)57-41-38(59-40-36(52)34(50)31(47)20(3)55-40)37(32(48)21(4)56-41)58-39-35(51)33(49)27(45)17-53-39/h7,18-21,23-41,45-52H,8-17H2,1-6H3/t18-,19+,20+,21-,23-,24-,25+,26+,27-,28+,29-,30+,31+,32+,33+,34-,35-,36-,37+,38-,39+,40+,41+,42+,43+,44-/m1/s1. The normalized spacial score (nSPS) is 59.2. The highest BCUT2D eigenvalue weighted by molar-refractivity contribution is 5.28. The highest BCUT2D eigenvalue weighted by Crippen LogP contribution is 2.70. The van der Waals surface area contributed by atoms with Crippen molar-refractivity contribution in [3.05, 3.63) is 11.6 Å². The number of aliphatic hydroxyl groups excluding tert-OH is 8. The summed E-state index contributed by atoms with van der Waals surface area (Å²) in [6.45, 7) is 12.8. The van der Waals surface area contributed by atoms with Crippen LogP contribution in [0.4, 0.5) is 0 Å². The predicted molar refractivity (Wildman–Crippen MR) is 208 cm³/mol. The Morgan fingerprint density at radius 2 is 1.38 bits per heavy atom. The maximum Gasteiger partial charge on any atom is 0.187 e. The van der Waals surface area contributed by atoms with Gasteiger partial charge in [0.05, 0.1) is 43.7 Å². The van der Waals surface area contributed by atoms with Crippen molar-refractivity contribution in [3.8, 4) is 0 Å². The first kappa shape index (κ1) is 44.3. The molecule has 16 heteroatoms. The molecule has 5 saturated heterocycles. The van der Waals surface area contributed by atoms with E-state index in [1.807, 2.05) is 0 Å². The fourth-order valence-electron chi connectivity index (χ4n) is 13.7. The second kappa shape index (κ2) is 16.2. The fraction of sp³-hybridized carbons (Fsp3) is 0.955. The van der Waals surface area contributed by atoms with Crippen LogP contribution in [0.3, 0.4) is 0 Å². The van der Waals surface area contributed by atoms with Gasteiger partial charge >= 0.3 is 0 Å². The lowest BCUT2D eigenvalue weighted by molar-refractivity contribution is -0.388. The van der Waals surface area contributed by atoms with Crippen molar-refractivity contribution < 1.29 is 78.7 Å². The van der Waals surface area contributed by atoms with Crippen LogP contribution in [0.2, 0.25) is 0 Å². The maximum absolute atomic E-state index is 12.3. The first-order valence-electron chi connectivity index (χ1n) is 22.7. The maximum atomic E-state index is 12.3. The van der Waals surface area contributed by atoms with Gasteiger partial charge in [-0.15, -0.1) is 0 Å². The molecular formula is C44H70O16. The molecule has 5 heterocycles. The molecule has 342 valence electrons. The molecule has 0 amide bonds. The Hall–Kier alpha value is -0.900. The fourth-order valence-corrected chi connectivity index (χ4v) is 13.7. The lowest BCUT2D eigenvalue weighted by atomic mass is 9.46. The molecule has 0 bridgehead atoms. The predicted octanol–water partition coefficient (Wildman–Crippen LogP) is 0.852. The molecule has 8 fully saturated rings. The van der Waals surface area contributed by atoms with E-state index in [4.69, 9.17) is 37.9 Å². The van der Waals surface area contributed by atoms with E-state index in [0.717, 1.165) is 50.7 Å². The second-order valence-electron chi connectivity index (χ2n) is 20.7. The largest absolute Gasteiger partial charge is 0.392 e. The Morgan fingerprint density at radius 1 is 0.683 bits per heavy atom. The van der Waals surface area contributed by atoms with Gasteiger partial charge in [0.1, 0.15) is 54.9 Å². The van der Waals surface area contributed by atoms with Gasteiger partial charge in [-0.05, 0) is 87.4 Å². The van der Waals surface area contributed by atoms with E-state index < -0.39 is 109 Å². The lowest BCUT2D eigenvalue weighted by Crippen LogP contribution is -2.66. The number of allylic oxidation sites excluding steroid dienone is 1. The molecule has 3 saturated carbocycles. The van der Waals surface area contributed by atoms with E-state index in [1.54, 1.807) is 6.92 Å². The van der Waals surface area contributed by atoms with E-state index in [1.165, 1.54) is 6.92 Å². The van der Waals surface area contributed by atoms with Gasteiger partial charge in [0.25, 0.3) is 0 Å². The summed E-state index contributed by atoms with van der Waals surface area (Å²) in [4.78, 5) is 0. The molecule has 4 aliphatic carbocycles. The summed E-state index contributed by atoms with van der Waals surface area (Å²) in [6, 6.07) is 0. The molecule has 0 aromatic rings. The molecule has 9 rings (SSSR count). The average molecular weight is 855 g/mol. The zero-order chi connectivity index (χ0) is 42.8. The third-order valence-electron chi connectivity index (χ3n) is 17.4. The summed E-state index contributed by atoms with van der Waals surface area (Å²) < 4.78 is 50.1. The summed E-state index contributed by atoms with van der Waals surface area (Å²) in [5.41, 5.74) is 0.795. The monoisotopic (exact) mass is 854 g/mol. The lowest BCUT2D eigenvalue weighted by Gasteiger charge is -2.60. The molecular weight excluding hydrogens is 784 g/mol. The molecule has 60 heavy (non-hydrogen) atoms. The van der Waals surface area contributed by atoms with E-state index in [-0.39, 0.29) is 30.5 Å². The van der Waals surface area contributed by atoms with E-state index in [0.29, 0.717) is 36.0 Å². The molecule has 9 aliphatic rings. The van der Waals surface area contributed by atoms with Crippen molar-refractivity contribution in [1.29, 1.82) is 0 Å². The van der Waals surface area contributed by atoms with Crippen LogP contribution in [0.5, 0.6) is 0 Å². The molecule has 16 nitrogen and oxygen atoms in total. The van der Waals surface area contributed by atoms with Gasteiger partial charge in [-0.25, -0.2) is 0 Å². The minimum Gasteiger partial charge on any atom is -0.392 e. The number of aliphatic hydroxyl groups is 8. The van der Waals surface area contributed by atoms with E-state index >= 15 is 0 Å². The molecule has 8 N–H and O–H groups in total. The molecule has 0 radical (unpaired) electrons. The van der Waals surface area contributed by atoms with Gasteiger partial charge in [-0.2, -0.15) is 0 Å². The number of hydrogen-bond donors (Lipinski definition) is 8. The SMILES string of the molecule is C[C@@H]1CC[C@@]2(OC1)O[C@H]1C[C@H]3[C@@H]4CC=C5C[C@@H](O[C@@H]6O[C@H](C)[C@H](O)[C@H](O[C@@H]7OC[C@@H](O)[C@H](O)[C@H]7O)[C@H]6O[C@@H]6O[C@@H](C)[C@H](O)[C@@H](O)[C@H]6O)C[C@@H](O)[C@]5(C)[C@H]4CC[C@]3(C)[C@H]1[C@@H]2C. The molecule has 26 atom stereocenters. The highest BCUT2D eigenvalue weighted by Gasteiger charge is 2.69. The third-order valence-corrected chi connectivity index (χ3v) is 17.4. The third kappa shape index (κ3) is 7.01. The minimum atomic E-state index is -1.71. The number of fused-ring (bicyclic) bond motifs is 7. The van der Waals surface area contributed by atoms with Crippen LogP contribution in [0, 0.1) is 46.3 Å². The van der Waals surface area contributed by atoms with Gasteiger partial charge in [0.15, 0.2) is 24.7 Å². The topological polar surface area (TPSA) is 236 Å². The van der Waals surface area contributed by atoms with Gasteiger partial charge < -0.3 is 78.7 Å². The Labute approximate surface area is 352 Å². The number of hydrogen-bond acceptors (Lipinski definition) is 16. The second-order valence-corrected chi connectivity index (χ2v) is 20.7. The molecule has 0 unspecified atom stereocenters. The Bertz CT molecular complexity index is 1580. The zero-order valence-electron chi connectivity index (χ0n) is 35.8. The Morgan fingerprint density at radius 3 is 2.12 bits per heavy atom. The van der Waals surface area contributed by atoms with Crippen LogP contribution in [0.15, 0.2) is 11.6 Å². The van der Waals surface area contributed by atoms with Crippen molar-refractivity contribution in [2.75, 3.05) is 13.2 Å². The quantitative estimate of drug-likeness (QED) is 0.173. The van der Waals surface area contributed by atoms with Crippen molar-refractivity contribution >= 4 is 0 Å². The first-order chi connectivity index (χ1) is 28.4. The van der Waals surface area contributed by atoms with Gasteiger partial charge in [-0.3, -0.25) is 0 Å². The molecule has 0 aromatic carbocycles. The van der Waals surface area contributed by atoms with Crippen LogP contribution < -0.4 is 0 Å². The van der Waals surface area contributed by atoms with E-state index in [2.05, 4.69) is 33.8 Å². The van der Waals surface area contributed by atoms with Gasteiger partial charge in [0.2, 0.25) is 0 Å². The zero-order valence-corrected chi connectivity index (χ0v) is 35.8. The van der Waals surface area contributed by atoms with Crippen molar-refractivity contribution in [1.82, 2.24) is 0 Å². The Balaban J connectivity index is 0.940. The molecule has 5 aliphatic heterocycles. The Kier molecular flexibility index (Phi) is 12.0. The van der Waals surface area contributed by atoms with Crippen LogP contribution in [0.1, 0.15) is 92.9 Å². The molecule has 0 aromatic heterocycles. The summed E-state index contributed by atoms with van der Waals surface area (Å²) in [5.74, 6) is 2.00. The van der Waals surface area contributed by atoms with Gasteiger partial charge in [-0.1, -0.05) is 39.3 Å². The first-order valence-corrected chi connectivity index (χ1v) is 22.7.